The molecule has 1 amide bonds. The molecule has 1 atom stereocenters. The molecule has 5 heteroatoms. The minimum absolute atomic E-state index is 0.0263. The van der Waals surface area contributed by atoms with Crippen LogP contribution in [-0.4, -0.2) is 22.1 Å². The first-order valence-corrected chi connectivity index (χ1v) is 8.54. The third kappa shape index (κ3) is 4.06. The second kappa shape index (κ2) is 7.94. The van der Waals surface area contributed by atoms with Crippen LogP contribution in [-0.2, 0) is 22.7 Å². The van der Waals surface area contributed by atoms with Crippen LogP contribution < -0.4 is 5.32 Å². The van der Waals surface area contributed by atoms with Crippen LogP contribution in [0.2, 0.25) is 0 Å². The molecule has 0 bridgehead atoms. The molecule has 1 heterocycles. The minimum atomic E-state index is -0.315. The monoisotopic (exact) mass is 337 g/mol. The van der Waals surface area contributed by atoms with Crippen molar-refractivity contribution in [3.63, 3.8) is 0 Å². The number of nitrogens with zero attached hydrogens (tertiary/aromatic N) is 2. The van der Waals surface area contributed by atoms with Crippen LogP contribution in [0.1, 0.15) is 31.0 Å². The van der Waals surface area contributed by atoms with Gasteiger partial charge >= 0.3 is 0 Å². The van der Waals surface area contributed by atoms with Gasteiger partial charge in [-0.15, -0.1) is 0 Å². The molecule has 25 heavy (non-hydrogen) atoms. The zero-order valence-electron chi connectivity index (χ0n) is 14.6. The second-order valence-electron chi connectivity index (χ2n) is 5.99. The van der Waals surface area contributed by atoms with E-state index in [-0.39, 0.29) is 11.9 Å². The van der Waals surface area contributed by atoms with Gasteiger partial charge in [0.25, 0.3) is 0 Å². The number of nitrogens with one attached hydrogen (secondary N) is 1. The molecule has 130 valence electrons. The molecule has 3 rings (SSSR count). The number of amides is 1. The van der Waals surface area contributed by atoms with Crippen LogP contribution in [0.5, 0.6) is 0 Å². The van der Waals surface area contributed by atoms with Crippen LogP contribution in [0.15, 0.2) is 54.9 Å². The SMILES string of the molecule is CCOCc1ccc(CNC(=O)[C@@H](C)n2cnc3ccccc32)cc1. The number of ether oxygens (including phenoxy) is 1. The summed E-state index contributed by atoms with van der Waals surface area (Å²) < 4.78 is 7.29. The summed E-state index contributed by atoms with van der Waals surface area (Å²) in [6.07, 6.45) is 1.72. The van der Waals surface area contributed by atoms with E-state index < -0.39 is 0 Å². The molecule has 0 aliphatic carbocycles. The summed E-state index contributed by atoms with van der Waals surface area (Å²) in [5.74, 6) is -0.0263. The Bertz CT molecular complexity index is 840. The van der Waals surface area contributed by atoms with Gasteiger partial charge < -0.3 is 14.6 Å². The number of fused-ring (bicyclic) bond motifs is 1. The van der Waals surface area contributed by atoms with Crippen LogP contribution in [0.4, 0.5) is 0 Å². The highest BCUT2D eigenvalue weighted by Gasteiger charge is 2.16. The van der Waals surface area contributed by atoms with Crippen LogP contribution in [0.3, 0.4) is 0 Å². The summed E-state index contributed by atoms with van der Waals surface area (Å²) in [7, 11) is 0. The summed E-state index contributed by atoms with van der Waals surface area (Å²) in [5, 5.41) is 3.00. The molecule has 0 aliphatic heterocycles. The van der Waals surface area contributed by atoms with E-state index in [1.54, 1.807) is 6.33 Å². The smallest absolute Gasteiger partial charge is 0.243 e. The number of rotatable bonds is 7. The van der Waals surface area contributed by atoms with Gasteiger partial charge in [0.05, 0.1) is 24.0 Å². The third-order valence-corrected chi connectivity index (χ3v) is 4.24. The summed E-state index contributed by atoms with van der Waals surface area (Å²) in [4.78, 5) is 16.8. The number of para-hydroxylation sites is 2. The van der Waals surface area contributed by atoms with Crippen molar-refractivity contribution in [2.75, 3.05) is 6.61 Å². The highest BCUT2D eigenvalue weighted by Crippen LogP contribution is 2.17. The fourth-order valence-electron chi connectivity index (χ4n) is 2.72. The van der Waals surface area contributed by atoms with Crippen molar-refractivity contribution >= 4 is 16.9 Å². The number of hydrogen-bond donors (Lipinski definition) is 1. The molecule has 0 unspecified atom stereocenters. The van der Waals surface area contributed by atoms with Gasteiger partial charge in [-0.3, -0.25) is 4.79 Å². The number of imidazole rings is 1. The maximum absolute atomic E-state index is 12.5. The van der Waals surface area contributed by atoms with E-state index in [0.29, 0.717) is 19.8 Å². The molecule has 0 saturated carbocycles. The Morgan fingerprint density at radius 2 is 1.88 bits per heavy atom. The Morgan fingerprint density at radius 3 is 2.64 bits per heavy atom. The lowest BCUT2D eigenvalue weighted by atomic mass is 10.1. The second-order valence-corrected chi connectivity index (χ2v) is 5.99. The van der Waals surface area contributed by atoms with E-state index in [1.807, 2.05) is 66.9 Å². The molecule has 0 spiro atoms. The first-order valence-electron chi connectivity index (χ1n) is 8.54. The van der Waals surface area contributed by atoms with E-state index in [9.17, 15) is 4.79 Å². The molecule has 0 radical (unpaired) electrons. The Morgan fingerprint density at radius 1 is 1.16 bits per heavy atom. The molecule has 1 aromatic heterocycles. The molecule has 0 aliphatic rings. The normalized spacial score (nSPS) is 12.2. The Labute approximate surface area is 147 Å². The van der Waals surface area contributed by atoms with E-state index in [1.165, 1.54) is 0 Å². The molecular formula is C20H23N3O2. The van der Waals surface area contributed by atoms with Gasteiger partial charge in [-0.2, -0.15) is 0 Å². The number of carbonyl (C=O) groups excluding carboxylic acids is 1. The van der Waals surface area contributed by atoms with Crippen molar-refractivity contribution < 1.29 is 9.53 Å². The lowest BCUT2D eigenvalue weighted by Gasteiger charge is -2.15. The zero-order valence-corrected chi connectivity index (χ0v) is 14.6. The molecular weight excluding hydrogens is 314 g/mol. The van der Waals surface area contributed by atoms with Gasteiger partial charge in [0.15, 0.2) is 0 Å². The predicted octanol–water partition coefficient (Wildman–Crippen LogP) is 3.45. The van der Waals surface area contributed by atoms with Gasteiger partial charge in [-0.1, -0.05) is 36.4 Å². The zero-order chi connectivity index (χ0) is 17.6. The lowest BCUT2D eigenvalue weighted by Crippen LogP contribution is -2.30. The predicted molar refractivity (Wildman–Crippen MR) is 98.1 cm³/mol. The van der Waals surface area contributed by atoms with Crippen molar-refractivity contribution in [3.05, 3.63) is 66.0 Å². The summed E-state index contributed by atoms with van der Waals surface area (Å²) in [6, 6.07) is 15.6. The fourth-order valence-corrected chi connectivity index (χ4v) is 2.72. The summed E-state index contributed by atoms with van der Waals surface area (Å²) in [5.41, 5.74) is 4.06. The highest BCUT2D eigenvalue weighted by molar-refractivity contribution is 5.83. The van der Waals surface area contributed by atoms with Gasteiger partial charge in [0.2, 0.25) is 5.91 Å². The van der Waals surface area contributed by atoms with Crippen LogP contribution in [0, 0.1) is 0 Å². The Kier molecular flexibility index (Phi) is 5.46. The van der Waals surface area contributed by atoms with Crippen molar-refractivity contribution in [2.45, 2.75) is 33.0 Å². The van der Waals surface area contributed by atoms with Gasteiger partial charge in [0.1, 0.15) is 6.04 Å². The lowest BCUT2D eigenvalue weighted by molar-refractivity contribution is -0.123. The maximum atomic E-state index is 12.5. The van der Waals surface area contributed by atoms with E-state index in [2.05, 4.69) is 10.3 Å². The first-order chi connectivity index (χ1) is 12.2. The molecule has 1 N–H and O–H groups in total. The molecule has 5 nitrogen and oxygen atoms in total. The molecule has 2 aromatic carbocycles. The maximum Gasteiger partial charge on any atom is 0.243 e. The van der Waals surface area contributed by atoms with Gasteiger partial charge in [0, 0.05) is 13.2 Å². The number of hydrogen-bond acceptors (Lipinski definition) is 3. The van der Waals surface area contributed by atoms with Gasteiger partial charge in [-0.05, 0) is 37.1 Å². The standard InChI is InChI=1S/C20H23N3O2/c1-3-25-13-17-10-8-16(9-11-17)12-21-20(24)15(2)23-14-22-18-6-4-5-7-19(18)23/h4-11,14-15H,3,12-13H2,1-2H3,(H,21,24)/t15-/m1/s1. The Hall–Kier alpha value is -2.66. The van der Waals surface area contributed by atoms with Crippen LogP contribution in [0.25, 0.3) is 11.0 Å². The van der Waals surface area contributed by atoms with Crippen molar-refractivity contribution in [1.82, 2.24) is 14.9 Å². The molecule has 0 saturated heterocycles. The van der Waals surface area contributed by atoms with Gasteiger partial charge in [-0.25, -0.2) is 4.98 Å². The number of benzene rings is 2. The quantitative estimate of drug-likeness (QED) is 0.718. The average molecular weight is 337 g/mol. The van der Waals surface area contributed by atoms with E-state index in [4.69, 9.17) is 4.74 Å². The minimum Gasteiger partial charge on any atom is -0.377 e. The Balaban J connectivity index is 1.60. The average Bonchev–Trinajstić information content (AvgIpc) is 3.08. The first kappa shape index (κ1) is 17.2. The van der Waals surface area contributed by atoms with E-state index in [0.717, 1.165) is 22.2 Å². The number of aromatic nitrogens is 2. The van der Waals surface area contributed by atoms with E-state index >= 15 is 0 Å². The fraction of sp³-hybridized carbons (Fsp3) is 0.300. The topological polar surface area (TPSA) is 56.1 Å². The third-order valence-electron chi connectivity index (χ3n) is 4.24. The van der Waals surface area contributed by atoms with Crippen LogP contribution >= 0.6 is 0 Å². The summed E-state index contributed by atoms with van der Waals surface area (Å²) >= 11 is 0. The van der Waals surface area contributed by atoms with Crippen molar-refractivity contribution in [2.24, 2.45) is 0 Å². The van der Waals surface area contributed by atoms with Crippen molar-refractivity contribution in [1.29, 1.82) is 0 Å². The van der Waals surface area contributed by atoms with Crippen molar-refractivity contribution in [3.8, 4) is 0 Å². The molecule has 0 fully saturated rings. The summed E-state index contributed by atoms with van der Waals surface area (Å²) in [6.45, 7) is 5.69. The largest absolute Gasteiger partial charge is 0.377 e. The highest BCUT2D eigenvalue weighted by atomic mass is 16.5. The molecule has 3 aromatic rings. The number of carbonyl (C=O) groups is 1.